The quantitative estimate of drug-likeness (QED) is 0.780. The summed E-state index contributed by atoms with van der Waals surface area (Å²) in [4.78, 5) is 11.6. The molecule has 1 atom stereocenters. The van der Waals surface area contributed by atoms with Crippen LogP contribution in [0.25, 0.3) is 0 Å². The first-order valence-corrected chi connectivity index (χ1v) is 7.76. The fourth-order valence-corrected chi connectivity index (χ4v) is 2.43. The number of hydrogen-bond donors (Lipinski definition) is 2. The number of nitrogens with zero attached hydrogens (tertiary/aromatic N) is 1. The third-order valence-electron chi connectivity index (χ3n) is 3.17. The van der Waals surface area contributed by atoms with Crippen molar-refractivity contribution >= 4 is 27.5 Å². The number of carbonyl (C=O) groups is 1. The molecule has 2 aromatic carbocycles. The largest absolute Gasteiger partial charge is 0.374 e. The molecule has 6 heteroatoms. The van der Waals surface area contributed by atoms with E-state index in [0.717, 1.165) is 5.56 Å². The monoisotopic (exact) mass is 373 g/mol. The summed E-state index contributed by atoms with van der Waals surface area (Å²) < 4.78 is 6.21. The lowest BCUT2D eigenvalue weighted by Crippen LogP contribution is -2.39. The summed E-state index contributed by atoms with van der Waals surface area (Å²) in [5.74, 6) is -0.501. The number of rotatable bonds is 7. The highest BCUT2D eigenvalue weighted by molar-refractivity contribution is 9.10. The van der Waals surface area contributed by atoms with Crippen LogP contribution in [-0.2, 0) is 16.1 Å². The molecule has 0 spiro atoms. The Morgan fingerprint density at radius 3 is 2.65 bits per heavy atom. The summed E-state index contributed by atoms with van der Waals surface area (Å²) in [6.07, 6.45) is 0. The van der Waals surface area contributed by atoms with Crippen LogP contribution in [0.15, 0.2) is 53.0 Å². The van der Waals surface area contributed by atoms with Crippen LogP contribution in [0.2, 0.25) is 0 Å². The molecule has 0 aliphatic heterocycles. The van der Waals surface area contributed by atoms with Crippen molar-refractivity contribution < 1.29 is 9.53 Å². The molecule has 1 unspecified atom stereocenters. The summed E-state index contributed by atoms with van der Waals surface area (Å²) in [5, 5.41) is 11.9. The number of anilines is 1. The predicted molar refractivity (Wildman–Crippen MR) is 91.6 cm³/mol. The van der Waals surface area contributed by atoms with Crippen LogP contribution < -0.4 is 11.1 Å². The zero-order valence-electron chi connectivity index (χ0n) is 12.3. The number of benzene rings is 2. The molecule has 0 bridgehead atoms. The minimum absolute atomic E-state index is 0.155. The molecule has 0 saturated carbocycles. The minimum Gasteiger partial charge on any atom is -0.374 e. The van der Waals surface area contributed by atoms with E-state index in [1.54, 1.807) is 18.2 Å². The van der Waals surface area contributed by atoms with Gasteiger partial charge in [-0.05, 0) is 39.7 Å². The van der Waals surface area contributed by atoms with Gasteiger partial charge in [-0.1, -0.05) is 30.3 Å². The van der Waals surface area contributed by atoms with Gasteiger partial charge < -0.3 is 15.8 Å². The number of nitriles is 1. The Hall–Kier alpha value is -2.36. The lowest BCUT2D eigenvalue weighted by Gasteiger charge is -2.17. The zero-order chi connectivity index (χ0) is 16.7. The Balaban J connectivity index is 1.95. The first kappa shape index (κ1) is 17.0. The lowest BCUT2D eigenvalue weighted by molar-refractivity contribution is -0.120. The minimum atomic E-state index is -0.654. The predicted octanol–water partition coefficient (Wildman–Crippen LogP) is 2.80. The van der Waals surface area contributed by atoms with Gasteiger partial charge in [-0.25, -0.2) is 0 Å². The van der Waals surface area contributed by atoms with Gasteiger partial charge in [-0.2, -0.15) is 5.26 Å². The fourth-order valence-electron chi connectivity index (χ4n) is 1.96. The Bertz CT molecular complexity index is 714. The third-order valence-corrected chi connectivity index (χ3v) is 3.83. The van der Waals surface area contributed by atoms with Crippen LogP contribution in [0.4, 0.5) is 5.69 Å². The van der Waals surface area contributed by atoms with Crippen molar-refractivity contribution in [3.05, 3.63) is 64.1 Å². The van der Waals surface area contributed by atoms with E-state index in [9.17, 15) is 4.79 Å². The average Bonchev–Trinajstić information content (AvgIpc) is 2.55. The van der Waals surface area contributed by atoms with Crippen LogP contribution in [0.5, 0.6) is 0 Å². The molecule has 0 aromatic heterocycles. The highest BCUT2D eigenvalue weighted by Crippen LogP contribution is 2.21. The highest BCUT2D eigenvalue weighted by Gasteiger charge is 2.16. The molecule has 2 rings (SSSR count). The smallest absolute Gasteiger partial charge is 0.242 e. The van der Waals surface area contributed by atoms with Crippen LogP contribution in [0.3, 0.4) is 0 Å². The molecule has 3 N–H and O–H groups in total. The van der Waals surface area contributed by atoms with Crippen molar-refractivity contribution in [3.8, 4) is 6.07 Å². The first-order valence-electron chi connectivity index (χ1n) is 6.97. The van der Waals surface area contributed by atoms with Crippen LogP contribution in [0, 0.1) is 11.3 Å². The molecule has 2 aromatic rings. The molecule has 1 amide bonds. The first-order chi connectivity index (χ1) is 11.1. The van der Waals surface area contributed by atoms with E-state index in [-0.39, 0.29) is 6.61 Å². The number of hydrogen-bond acceptors (Lipinski definition) is 4. The molecular formula is C17H16BrN3O2. The average molecular weight is 374 g/mol. The zero-order valence-corrected chi connectivity index (χ0v) is 13.9. The highest BCUT2D eigenvalue weighted by atomic mass is 79.9. The molecule has 0 fully saturated rings. The summed E-state index contributed by atoms with van der Waals surface area (Å²) in [5.41, 5.74) is 7.64. The lowest BCUT2D eigenvalue weighted by atomic mass is 10.2. The van der Waals surface area contributed by atoms with Crippen molar-refractivity contribution in [2.24, 2.45) is 5.73 Å². The number of nitrogens with one attached hydrogen (secondary N) is 1. The van der Waals surface area contributed by atoms with Crippen molar-refractivity contribution in [2.75, 3.05) is 11.9 Å². The molecule has 0 aliphatic rings. The van der Waals surface area contributed by atoms with E-state index < -0.39 is 11.9 Å². The van der Waals surface area contributed by atoms with Gasteiger partial charge in [-0.3, -0.25) is 4.79 Å². The van der Waals surface area contributed by atoms with E-state index in [4.69, 9.17) is 15.7 Å². The maximum absolute atomic E-state index is 11.6. The second kappa shape index (κ2) is 8.32. The van der Waals surface area contributed by atoms with Crippen molar-refractivity contribution in [2.45, 2.75) is 12.6 Å². The summed E-state index contributed by atoms with van der Waals surface area (Å²) >= 11 is 3.31. The van der Waals surface area contributed by atoms with E-state index in [1.165, 1.54) is 0 Å². The van der Waals surface area contributed by atoms with E-state index in [1.807, 2.05) is 30.3 Å². The molecule has 23 heavy (non-hydrogen) atoms. The fraction of sp³-hybridized carbons (Fsp3) is 0.176. The van der Waals surface area contributed by atoms with Crippen LogP contribution in [0.1, 0.15) is 11.1 Å². The van der Waals surface area contributed by atoms with Gasteiger partial charge in [0.05, 0.1) is 18.8 Å². The maximum Gasteiger partial charge on any atom is 0.242 e. The molecule has 0 heterocycles. The summed E-state index contributed by atoms with van der Waals surface area (Å²) in [7, 11) is 0. The standard InChI is InChI=1S/C17H16BrN3O2/c18-15-8-14(7-6-13(15)9-19)21-16(17(20)22)11-23-10-12-4-2-1-3-5-12/h1-8,16,21H,10-11H2,(H2,20,22). The second-order valence-corrected chi connectivity index (χ2v) is 5.76. The van der Waals surface area contributed by atoms with Gasteiger partial charge in [0, 0.05) is 10.2 Å². The number of primary amides is 1. The second-order valence-electron chi connectivity index (χ2n) is 4.91. The third kappa shape index (κ3) is 5.09. The number of nitrogens with two attached hydrogens (primary N) is 1. The SMILES string of the molecule is N#Cc1ccc(NC(COCc2ccccc2)C(N)=O)cc1Br. The van der Waals surface area contributed by atoms with Crippen LogP contribution in [-0.4, -0.2) is 18.6 Å². The molecule has 0 aliphatic carbocycles. The Morgan fingerprint density at radius 1 is 1.30 bits per heavy atom. The van der Waals surface area contributed by atoms with E-state index in [2.05, 4.69) is 27.3 Å². The van der Waals surface area contributed by atoms with Gasteiger partial charge in [0.15, 0.2) is 0 Å². The summed E-state index contributed by atoms with van der Waals surface area (Å²) in [6.45, 7) is 0.561. The maximum atomic E-state index is 11.6. The molecule has 0 radical (unpaired) electrons. The van der Waals surface area contributed by atoms with E-state index >= 15 is 0 Å². The van der Waals surface area contributed by atoms with Crippen molar-refractivity contribution in [1.29, 1.82) is 5.26 Å². The Kier molecular flexibility index (Phi) is 6.15. The summed E-state index contributed by atoms with van der Waals surface area (Å²) in [6, 6.07) is 16.2. The van der Waals surface area contributed by atoms with E-state index in [0.29, 0.717) is 22.3 Å². The van der Waals surface area contributed by atoms with Gasteiger partial charge >= 0.3 is 0 Å². The van der Waals surface area contributed by atoms with Gasteiger partial charge in [0.2, 0.25) is 5.91 Å². The normalized spacial score (nSPS) is 11.5. The number of halogens is 1. The molecule has 0 saturated heterocycles. The van der Waals surface area contributed by atoms with Crippen LogP contribution >= 0.6 is 15.9 Å². The van der Waals surface area contributed by atoms with Gasteiger partial charge in [-0.15, -0.1) is 0 Å². The van der Waals surface area contributed by atoms with Gasteiger partial charge in [0.25, 0.3) is 0 Å². The number of ether oxygens (including phenoxy) is 1. The Morgan fingerprint density at radius 2 is 2.04 bits per heavy atom. The van der Waals surface area contributed by atoms with Crippen molar-refractivity contribution in [3.63, 3.8) is 0 Å². The topological polar surface area (TPSA) is 88.1 Å². The van der Waals surface area contributed by atoms with Gasteiger partial charge in [0.1, 0.15) is 12.1 Å². The number of amides is 1. The Labute approximate surface area is 143 Å². The molecule has 118 valence electrons. The number of carbonyl (C=O) groups excluding carboxylic acids is 1. The molecule has 5 nitrogen and oxygen atoms in total. The molecular weight excluding hydrogens is 358 g/mol. The van der Waals surface area contributed by atoms with Crippen molar-refractivity contribution in [1.82, 2.24) is 0 Å².